The summed E-state index contributed by atoms with van der Waals surface area (Å²) in [6.07, 6.45) is 9.27. The van der Waals surface area contributed by atoms with Crippen molar-refractivity contribution < 1.29 is 9.32 Å². The van der Waals surface area contributed by atoms with Crippen molar-refractivity contribution in [3.05, 3.63) is 17.0 Å². The van der Waals surface area contributed by atoms with E-state index in [1.807, 2.05) is 6.92 Å². The topological polar surface area (TPSA) is 55.1 Å². The molecule has 0 saturated heterocycles. The standard InChI is InChI=1S/C15H24N2O2/c1-3-13-14(11(2)19-17-13)15(18)16-12-9-7-5-4-6-8-10-12/h12H,3-10H2,1-2H3,(H,16,18). The molecule has 0 spiro atoms. The van der Waals surface area contributed by atoms with Gasteiger partial charge in [0.05, 0.1) is 5.69 Å². The number of amides is 1. The molecule has 1 saturated carbocycles. The number of hydrogen-bond donors (Lipinski definition) is 1. The number of carbonyl (C=O) groups is 1. The van der Waals surface area contributed by atoms with E-state index in [0.717, 1.165) is 25.0 Å². The zero-order valence-corrected chi connectivity index (χ0v) is 12.0. The fourth-order valence-electron chi connectivity index (χ4n) is 2.81. The van der Waals surface area contributed by atoms with Crippen LogP contribution in [0.4, 0.5) is 0 Å². The van der Waals surface area contributed by atoms with Gasteiger partial charge in [-0.2, -0.15) is 0 Å². The molecule has 0 bridgehead atoms. The Hall–Kier alpha value is -1.32. The van der Waals surface area contributed by atoms with Crippen molar-refractivity contribution in [1.82, 2.24) is 10.5 Å². The van der Waals surface area contributed by atoms with Crippen molar-refractivity contribution in [3.63, 3.8) is 0 Å². The highest BCUT2D eigenvalue weighted by molar-refractivity contribution is 5.96. The summed E-state index contributed by atoms with van der Waals surface area (Å²) in [6.45, 7) is 3.79. The summed E-state index contributed by atoms with van der Waals surface area (Å²) in [6, 6.07) is 0.312. The van der Waals surface area contributed by atoms with Gasteiger partial charge in [0.1, 0.15) is 11.3 Å². The normalized spacial score (nSPS) is 17.8. The maximum absolute atomic E-state index is 12.4. The first-order chi connectivity index (χ1) is 9.22. The highest BCUT2D eigenvalue weighted by Gasteiger charge is 2.22. The molecular formula is C15H24N2O2. The lowest BCUT2D eigenvalue weighted by Crippen LogP contribution is -2.35. The van der Waals surface area contributed by atoms with E-state index in [1.165, 1.54) is 32.1 Å². The third-order valence-electron chi connectivity index (χ3n) is 3.94. The Morgan fingerprint density at radius 2 is 1.89 bits per heavy atom. The molecule has 1 heterocycles. The van der Waals surface area contributed by atoms with Crippen LogP contribution in [-0.2, 0) is 6.42 Å². The molecular weight excluding hydrogens is 240 g/mol. The highest BCUT2D eigenvalue weighted by Crippen LogP contribution is 2.19. The predicted octanol–water partition coefficient (Wildman–Crippen LogP) is 3.39. The van der Waals surface area contributed by atoms with Gasteiger partial charge in [-0.05, 0) is 26.2 Å². The summed E-state index contributed by atoms with van der Waals surface area (Å²) in [4.78, 5) is 12.4. The summed E-state index contributed by atoms with van der Waals surface area (Å²) in [7, 11) is 0. The van der Waals surface area contributed by atoms with Crippen LogP contribution in [0.1, 0.15) is 73.7 Å². The molecule has 2 rings (SSSR count). The van der Waals surface area contributed by atoms with E-state index in [-0.39, 0.29) is 5.91 Å². The molecule has 1 aromatic heterocycles. The molecule has 0 unspecified atom stereocenters. The van der Waals surface area contributed by atoms with Crippen LogP contribution in [-0.4, -0.2) is 17.1 Å². The number of carbonyl (C=O) groups excluding carboxylic acids is 1. The lowest BCUT2D eigenvalue weighted by atomic mass is 9.96. The van der Waals surface area contributed by atoms with Gasteiger partial charge in [0.2, 0.25) is 0 Å². The van der Waals surface area contributed by atoms with Crippen LogP contribution in [0.3, 0.4) is 0 Å². The van der Waals surface area contributed by atoms with Gasteiger partial charge in [0.15, 0.2) is 0 Å². The molecule has 0 radical (unpaired) electrons. The first kappa shape index (κ1) is 14.1. The molecule has 0 aliphatic heterocycles. The highest BCUT2D eigenvalue weighted by atomic mass is 16.5. The number of nitrogens with one attached hydrogen (secondary N) is 1. The minimum Gasteiger partial charge on any atom is -0.361 e. The Kier molecular flexibility index (Phi) is 5.00. The average Bonchev–Trinajstić information content (AvgIpc) is 2.73. The Labute approximate surface area is 114 Å². The molecule has 4 heteroatoms. The minimum absolute atomic E-state index is 0.0128. The maximum Gasteiger partial charge on any atom is 0.257 e. The van der Waals surface area contributed by atoms with Crippen molar-refractivity contribution in [2.75, 3.05) is 0 Å². The quantitative estimate of drug-likeness (QED) is 0.910. The molecule has 106 valence electrons. The summed E-state index contributed by atoms with van der Waals surface area (Å²) in [5.74, 6) is 0.612. The third kappa shape index (κ3) is 3.58. The number of nitrogens with zero attached hydrogens (tertiary/aromatic N) is 1. The van der Waals surface area contributed by atoms with E-state index >= 15 is 0 Å². The van der Waals surface area contributed by atoms with Gasteiger partial charge >= 0.3 is 0 Å². The first-order valence-electron chi connectivity index (χ1n) is 7.48. The Bertz CT molecular complexity index is 418. The fraction of sp³-hybridized carbons (Fsp3) is 0.733. The Morgan fingerprint density at radius 3 is 2.53 bits per heavy atom. The molecule has 1 N–H and O–H groups in total. The second kappa shape index (κ2) is 6.73. The number of aromatic nitrogens is 1. The molecule has 1 aliphatic rings. The minimum atomic E-state index is -0.0128. The van der Waals surface area contributed by atoms with Crippen LogP contribution < -0.4 is 5.32 Å². The lowest BCUT2D eigenvalue weighted by molar-refractivity contribution is 0.0928. The summed E-state index contributed by atoms with van der Waals surface area (Å²) in [5, 5.41) is 7.11. The van der Waals surface area contributed by atoms with E-state index in [0.29, 0.717) is 17.4 Å². The monoisotopic (exact) mass is 264 g/mol. The SMILES string of the molecule is CCc1noc(C)c1C(=O)NC1CCCCCCC1. The molecule has 0 aromatic carbocycles. The molecule has 1 aromatic rings. The molecule has 1 amide bonds. The van der Waals surface area contributed by atoms with Gasteiger partial charge in [-0.3, -0.25) is 4.79 Å². The van der Waals surface area contributed by atoms with Crippen molar-refractivity contribution in [2.45, 2.75) is 71.3 Å². The van der Waals surface area contributed by atoms with Crippen LogP contribution in [0.5, 0.6) is 0 Å². The van der Waals surface area contributed by atoms with E-state index < -0.39 is 0 Å². The van der Waals surface area contributed by atoms with Crippen LogP contribution >= 0.6 is 0 Å². The predicted molar refractivity (Wildman–Crippen MR) is 74.2 cm³/mol. The molecule has 19 heavy (non-hydrogen) atoms. The first-order valence-corrected chi connectivity index (χ1v) is 7.48. The van der Waals surface area contributed by atoms with Crippen molar-refractivity contribution in [3.8, 4) is 0 Å². The third-order valence-corrected chi connectivity index (χ3v) is 3.94. The van der Waals surface area contributed by atoms with Crippen molar-refractivity contribution >= 4 is 5.91 Å². The Morgan fingerprint density at radius 1 is 1.26 bits per heavy atom. The van der Waals surface area contributed by atoms with Gasteiger partial charge < -0.3 is 9.84 Å². The number of aryl methyl sites for hydroxylation is 2. The summed E-state index contributed by atoms with van der Waals surface area (Å²) in [5.41, 5.74) is 1.41. The van der Waals surface area contributed by atoms with Gasteiger partial charge in [-0.25, -0.2) is 0 Å². The molecule has 0 atom stereocenters. The number of hydrogen-bond acceptors (Lipinski definition) is 3. The van der Waals surface area contributed by atoms with Crippen LogP contribution in [0.25, 0.3) is 0 Å². The second-order valence-electron chi connectivity index (χ2n) is 5.43. The van der Waals surface area contributed by atoms with E-state index in [2.05, 4.69) is 10.5 Å². The van der Waals surface area contributed by atoms with Gasteiger partial charge in [0.25, 0.3) is 5.91 Å². The van der Waals surface area contributed by atoms with Gasteiger partial charge in [-0.15, -0.1) is 0 Å². The zero-order chi connectivity index (χ0) is 13.7. The van der Waals surface area contributed by atoms with Crippen molar-refractivity contribution in [1.29, 1.82) is 0 Å². The average molecular weight is 264 g/mol. The van der Waals surface area contributed by atoms with Gasteiger partial charge in [0, 0.05) is 6.04 Å². The van der Waals surface area contributed by atoms with E-state index in [9.17, 15) is 4.79 Å². The Balaban J connectivity index is 2.00. The van der Waals surface area contributed by atoms with E-state index in [4.69, 9.17) is 4.52 Å². The summed E-state index contributed by atoms with van der Waals surface area (Å²) < 4.78 is 5.13. The van der Waals surface area contributed by atoms with Crippen molar-refractivity contribution in [2.24, 2.45) is 0 Å². The van der Waals surface area contributed by atoms with Crippen LogP contribution in [0.15, 0.2) is 4.52 Å². The second-order valence-corrected chi connectivity index (χ2v) is 5.43. The molecule has 1 aliphatic carbocycles. The zero-order valence-electron chi connectivity index (χ0n) is 12.0. The number of rotatable bonds is 3. The van der Waals surface area contributed by atoms with E-state index in [1.54, 1.807) is 6.92 Å². The largest absolute Gasteiger partial charge is 0.361 e. The smallest absolute Gasteiger partial charge is 0.257 e. The van der Waals surface area contributed by atoms with Gasteiger partial charge in [-0.1, -0.05) is 44.2 Å². The lowest BCUT2D eigenvalue weighted by Gasteiger charge is -2.21. The van der Waals surface area contributed by atoms with Crippen LogP contribution in [0, 0.1) is 6.92 Å². The molecule has 1 fully saturated rings. The fourth-order valence-corrected chi connectivity index (χ4v) is 2.81. The summed E-state index contributed by atoms with van der Waals surface area (Å²) >= 11 is 0. The maximum atomic E-state index is 12.4. The molecule has 4 nitrogen and oxygen atoms in total. The van der Waals surface area contributed by atoms with Crippen LogP contribution in [0.2, 0.25) is 0 Å².